The van der Waals surface area contributed by atoms with Gasteiger partial charge in [-0.15, -0.1) is 0 Å². The molecule has 1 rings (SSSR count). The van der Waals surface area contributed by atoms with E-state index in [-0.39, 0.29) is 40.1 Å². The van der Waals surface area contributed by atoms with Gasteiger partial charge in [0.05, 0.1) is 0 Å². The molecule has 0 amide bonds. The van der Waals surface area contributed by atoms with Crippen molar-refractivity contribution in [3.63, 3.8) is 0 Å². The van der Waals surface area contributed by atoms with Crippen molar-refractivity contribution in [2.75, 3.05) is 0 Å². The summed E-state index contributed by atoms with van der Waals surface area (Å²) in [5.41, 5.74) is 0. The van der Waals surface area contributed by atoms with Crippen LogP contribution in [0.4, 0.5) is 0 Å². The number of aromatic nitrogens is 2. The van der Waals surface area contributed by atoms with Gasteiger partial charge in [-0.1, -0.05) is 0 Å². The third-order valence-electron chi connectivity index (χ3n) is 0.388. The molecule has 1 heterocycles. The minimum atomic E-state index is 0. The second kappa shape index (κ2) is 5.74. The molecular weight excluding hydrogens is 249 g/mol. The predicted molar refractivity (Wildman–Crippen MR) is 37.6 cm³/mol. The van der Waals surface area contributed by atoms with E-state index in [0.717, 1.165) is 0 Å². The molecule has 0 saturated carbocycles. The van der Waals surface area contributed by atoms with Crippen LogP contribution in [-0.4, -0.2) is 10.2 Å². The van der Waals surface area contributed by atoms with Gasteiger partial charge in [0.2, 0.25) is 0 Å². The zero-order valence-corrected chi connectivity index (χ0v) is 9.98. The van der Waals surface area contributed by atoms with E-state index in [2.05, 4.69) is 35.5 Å². The first-order chi connectivity index (χ1) is 3.29. The number of nitrogens with zero attached hydrogens (tertiary/aromatic N) is 2. The number of rotatable bonds is 0. The fourth-order valence-electron chi connectivity index (χ4n) is 0.197. The summed E-state index contributed by atoms with van der Waals surface area (Å²) in [6.07, 6.45) is 0. The third kappa shape index (κ3) is 4.39. The van der Waals surface area contributed by atoms with Crippen molar-refractivity contribution in [1.29, 1.82) is 0 Å². The van der Waals surface area contributed by atoms with E-state index in [1.165, 1.54) is 11.3 Å². The zero-order chi connectivity index (χ0) is 5.28. The second-order valence-electron chi connectivity index (χ2n) is 0.834. The predicted octanol–water partition coefficient (Wildman–Crippen LogP) is 0.797. The van der Waals surface area contributed by atoms with Gasteiger partial charge in [0, 0.05) is 40.1 Å². The van der Waals surface area contributed by atoms with Crippen molar-refractivity contribution in [2.45, 2.75) is 8.68 Å². The second-order valence-corrected chi connectivity index (χ2v) is 3.10. The van der Waals surface area contributed by atoms with E-state index in [9.17, 15) is 0 Å². The maximum absolute atomic E-state index is 4.61. The van der Waals surface area contributed by atoms with Crippen LogP contribution in [0.2, 0.25) is 0 Å². The van der Waals surface area contributed by atoms with Crippen LogP contribution in [0.3, 0.4) is 0 Å². The van der Waals surface area contributed by atoms with Crippen LogP contribution in [0.5, 0.6) is 0 Å². The van der Waals surface area contributed by atoms with Gasteiger partial charge >= 0.3 is 0 Å². The summed E-state index contributed by atoms with van der Waals surface area (Å²) in [5, 5.41) is 6.99. The summed E-state index contributed by atoms with van der Waals surface area (Å²) in [5.74, 6) is 0. The maximum atomic E-state index is 4.61. The van der Waals surface area contributed by atoms with Gasteiger partial charge in [0.25, 0.3) is 0 Å². The summed E-state index contributed by atoms with van der Waals surface area (Å²) in [7, 11) is 0. The van der Waals surface area contributed by atoms with Crippen LogP contribution in [0.1, 0.15) is 0 Å². The Labute approximate surface area is 94.5 Å². The molecular formula is C3H3N2S3Y-. The molecule has 6 heteroatoms. The first-order valence-electron chi connectivity index (χ1n) is 1.46. The van der Waals surface area contributed by atoms with E-state index in [1.807, 2.05) is 0 Å². The minimum Gasteiger partial charge on any atom is -0.406 e. The summed E-state index contributed by atoms with van der Waals surface area (Å²) in [4.78, 5) is 0. The normalized spacial score (nSPS) is 7.11. The van der Waals surface area contributed by atoms with Gasteiger partial charge in [-0.2, -0.15) is 10.2 Å². The zero-order valence-electron chi connectivity index (χ0n) is 4.70. The first-order valence-corrected chi connectivity index (χ1v) is 3.10. The molecule has 2 nitrogen and oxygen atoms in total. The first kappa shape index (κ1) is 12.6. The maximum Gasteiger partial charge on any atom is 0.0467 e. The van der Waals surface area contributed by atoms with Crippen LogP contribution in [0.25, 0.3) is 0 Å². The van der Waals surface area contributed by atoms with E-state index < -0.39 is 0 Å². The molecule has 0 bridgehead atoms. The fraction of sp³-hybridized carbons (Fsp3) is 0. The smallest absolute Gasteiger partial charge is 0.0467 e. The minimum absolute atomic E-state index is 0. The van der Waals surface area contributed by atoms with E-state index >= 15 is 0 Å². The molecule has 47 valence electrons. The summed E-state index contributed by atoms with van der Waals surface area (Å²) >= 11 is 10.5. The summed E-state index contributed by atoms with van der Waals surface area (Å²) in [6.45, 7) is 0. The quantitative estimate of drug-likeness (QED) is 0.504. The SMILES string of the molecule is [CH3+].[S-]c1nnc([S-])s1.[Y]. The van der Waals surface area contributed by atoms with Gasteiger partial charge in [-0.05, 0) is 8.68 Å². The largest absolute Gasteiger partial charge is 0.406 e. The third-order valence-corrected chi connectivity index (χ3v) is 1.56. The fourth-order valence-corrected chi connectivity index (χ4v) is 1.22. The van der Waals surface area contributed by atoms with E-state index in [4.69, 9.17) is 0 Å². The molecule has 0 fully saturated rings. The Morgan fingerprint density at radius 3 is 1.56 bits per heavy atom. The van der Waals surface area contributed by atoms with Crippen LogP contribution >= 0.6 is 11.3 Å². The van der Waals surface area contributed by atoms with Crippen LogP contribution in [-0.2, 0) is 58.0 Å². The van der Waals surface area contributed by atoms with Crippen LogP contribution in [0, 0.1) is 7.43 Å². The van der Waals surface area contributed by atoms with Crippen LogP contribution < -0.4 is 0 Å². The van der Waals surface area contributed by atoms with Crippen molar-refractivity contribution < 1.29 is 32.7 Å². The molecule has 0 aliphatic heterocycles. The average Bonchev–Trinajstić information content (AvgIpc) is 1.87. The number of hydrogen-bond acceptors (Lipinski definition) is 5. The molecule has 0 unspecified atom stereocenters. The Morgan fingerprint density at radius 2 is 1.44 bits per heavy atom. The molecule has 1 radical (unpaired) electrons. The Morgan fingerprint density at radius 1 is 1.11 bits per heavy atom. The van der Waals surface area contributed by atoms with Crippen molar-refractivity contribution >= 4 is 36.6 Å². The topological polar surface area (TPSA) is 25.8 Å². The van der Waals surface area contributed by atoms with Gasteiger partial charge in [-0.3, -0.25) is 0 Å². The molecule has 0 N–H and O–H groups in total. The Bertz CT molecular complexity index is 149. The van der Waals surface area contributed by atoms with Gasteiger partial charge in [0.1, 0.15) is 0 Å². The van der Waals surface area contributed by atoms with Crippen molar-refractivity contribution in [2.24, 2.45) is 0 Å². The number of hydrogen-bond donors (Lipinski definition) is 0. The van der Waals surface area contributed by atoms with E-state index in [0.29, 0.717) is 8.68 Å². The molecule has 0 aromatic carbocycles. The van der Waals surface area contributed by atoms with Gasteiger partial charge in [0.15, 0.2) is 0 Å². The Kier molecular flexibility index (Phi) is 8.05. The molecule has 0 saturated heterocycles. The molecule has 0 aliphatic carbocycles. The monoisotopic (exact) mass is 252 g/mol. The van der Waals surface area contributed by atoms with Crippen molar-refractivity contribution in [3.05, 3.63) is 7.43 Å². The van der Waals surface area contributed by atoms with Crippen molar-refractivity contribution in [3.8, 4) is 0 Å². The molecule has 1 aromatic heterocycles. The summed E-state index contributed by atoms with van der Waals surface area (Å²) < 4.78 is 1.04. The van der Waals surface area contributed by atoms with Crippen molar-refractivity contribution in [1.82, 2.24) is 10.2 Å². The molecule has 9 heavy (non-hydrogen) atoms. The summed E-state index contributed by atoms with van der Waals surface area (Å²) in [6, 6.07) is 0. The average molecular weight is 252 g/mol. The van der Waals surface area contributed by atoms with Gasteiger partial charge in [-0.25, -0.2) is 0 Å². The molecule has 1 aromatic rings. The Hall–Kier alpha value is 0.974. The van der Waals surface area contributed by atoms with E-state index in [1.54, 1.807) is 0 Å². The molecule has 0 spiro atoms. The molecule has 0 atom stereocenters. The van der Waals surface area contributed by atoms with Crippen LogP contribution in [0.15, 0.2) is 8.68 Å². The van der Waals surface area contributed by atoms with Gasteiger partial charge < -0.3 is 36.6 Å². The Balaban J connectivity index is 0. The standard InChI is InChI=1S/C2H2N2S3.CH3.Y/c5-1-3-4-2(6)7-1;;/h(H,3,5)(H,4,6);1H3;/q;+1;/p-2. The molecule has 0 aliphatic rings.